The topological polar surface area (TPSA) is 50.8 Å². The summed E-state index contributed by atoms with van der Waals surface area (Å²) < 4.78 is 11.1. The lowest BCUT2D eigenvalue weighted by Crippen LogP contribution is -2.38. The summed E-state index contributed by atoms with van der Waals surface area (Å²) >= 11 is 1.69. The molecule has 2 aromatic carbocycles. The van der Waals surface area contributed by atoms with Crippen molar-refractivity contribution in [3.8, 4) is 5.75 Å². The van der Waals surface area contributed by atoms with Crippen LogP contribution in [0.5, 0.6) is 5.75 Å². The lowest BCUT2D eigenvalue weighted by molar-refractivity contribution is -0.115. The molecular formula is C22H28N2O3S. The predicted octanol–water partition coefficient (Wildman–Crippen LogP) is 3.66. The molecule has 150 valence electrons. The van der Waals surface area contributed by atoms with E-state index in [1.54, 1.807) is 11.8 Å². The number of thioether (sulfide) groups is 1. The van der Waals surface area contributed by atoms with E-state index < -0.39 is 0 Å². The molecular weight excluding hydrogens is 372 g/mol. The van der Waals surface area contributed by atoms with Crippen LogP contribution in [0.15, 0.2) is 54.6 Å². The van der Waals surface area contributed by atoms with E-state index in [1.165, 1.54) is 0 Å². The van der Waals surface area contributed by atoms with Crippen LogP contribution in [0.3, 0.4) is 0 Å². The first kappa shape index (κ1) is 20.7. The number of nitrogens with one attached hydrogen (secondary N) is 1. The van der Waals surface area contributed by atoms with Gasteiger partial charge in [-0.05, 0) is 36.8 Å². The van der Waals surface area contributed by atoms with E-state index >= 15 is 0 Å². The van der Waals surface area contributed by atoms with Crippen LogP contribution in [-0.2, 0) is 16.1 Å². The van der Waals surface area contributed by atoms with Crippen molar-refractivity contribution in [2.45, 2.75) is 18.8 Å². The molecule has 3 rings (SSSR count). The SMILES string of the molecule is CC(SCCN1CCOCC1)C(=O)Nc1ccc(OCc2ccccc2)cc1. The van der Waals surface area contributed by atoms with Crippen molar-refractivity contribution in [1.29, 1.82) is 0 Å². The van der Waals surface area contributed by atoms with Crippen LogP contribution in [0.25, 0.3) is 0 Å². The molecule has 1 heterocycles. The van der Waals surface area contributed by atoms with E-state index in [0.29, 0.717) is 6.61 Å². The molecule has 1 N–H and O–H groups in total. The van der Waals surface area contributed by atoms with Gasteiger partial charge in [0.05, 0.1) is 18.5 Å². The van der Waals surface area contributed by atoms with E-state index in [4.69, 9.17) is 9.47 Å². The summed E-state index contributed by atoms with van der Waals surface area (Å²) in [4.78, 5) is 14.8. The number of carbonyl (C=O) groups excluding carboxylic acids is 1. The maximum Gasteiger partial charge on any atom is 0.237 e. The lowest BCUT2D eigenvalue weighted by atomic mass is 10.2. The summed E-state index contributed by atoms with van der Waals surface area (Å²) in [5.41, 5.74) is 1.92. The number of rotatable bonds is 9. The molecule has 1 amide bonds. The maximum atomic E-state index is 12.4. The molecule has 5 nitrogen and oxygen atoms in total. The average molecular weight is 401 g/mol. The van der Waals surface area contributed by atoms with Crippen LogP contribution < -0.4 is 10.1 Å². The summed E-state index contributed by atoms with van der Waals surface area (Å²) in [6.07, 6.45) is 0. The number of ether oxygens (including phenoxy) is 2. The molecule has 0 saturated carbocycles. The molecule has 1 aliphatic rings. The van der Waals surface area contributed by atoms with Gasteiger partial charge in [0.1, 0.15) is 12.4 Å². The third kappa shape index (κ3) is 6.86. The number of benzene rings is 2. The van der Waals surface area contributed by atoms with Gasteiger partial charge < -0.3 is 14.8 Å². The summed E-state index contributed by atoms with van der Waals surface area (Å²) in [7, 11) is 0. The fraction of sp³-hybridized carbons (Fsp3) is 0.409. The van der Waals surface area contributed by atoms with Gasteiger partial charge in [-0.15, -0.1) is 11.8 Å². The third-order valence-electron chi connectivity index (χ3n) is 4.62. The third-order valence-corrected chi connectivity index (χ3v) is 5.75. The molecule has 0 spiro atoms. The smallest absolute Gasteiger partial charge is 0.237 e. The number of hydrogen-bond acceptors (Lipinski definition) is 5. The van der Waals surface area contributed by atoms with E-state index in [1.807, 2.05) is 61.5 Å². The fourth-order valence-electron chi connectivity index (χ4n) is 2.88. The first-order chi connectivity index (χ1) is 13.7. The lowest BCUT2D eigenvalue weighted by Gasteiger charge is -2.26. The van der Waals surface area contributed by atoms with E-state index in [0.717, 1.165) is 55.6 Å². The highest BCUT2D eigenvalue weighted by atomic mass is 32.2. The summed E-state index contributed by atoms with van der Waals surface area (Å²) in [6, 6.07) is 17.6. The van der Waals surface area contributed by atoms with Gasteiger partial charge in [0, 0.05) is 31.1 Å². The van der Waals surface area contributed by atoms with Crippen molar-refractivity contribution in [2.75, 3.05) is 43.9 Å². The van der Waals surface area contributed by atoms with Gasteiger partial charge in [0.15, 0.2) is 0 Å². The molecule has 2 aromatic rings. The van der Waals surface area contributed by atoms with Crippen LogP contribution in [0.4, 0.5) is 5.69 Å². The Morgan fingerprint density at radius 3 is 2.57 bits per heavy atom. The van der Waals surface area contributed by atoms with Crippen molar-refractivity contribution in [3.63, 3.8) is 0 Å². The zero-order valence-corrected chi connectivity index (χ0v) is 17.1. The molecule has 28 heavy (non-hydrogen) atoms. The van der Waals surface area contributed by atoms with Crippen LogP contribution in [0.1, 0.15) is 12.5 Å². The van der Waals surface area contributed by atoms with Gasteiger partial charge in [0.25, 0.3) is 0 Å². The molecule has 6 heteroatoms. The normalized spacial score (nSPS) is 15.8. The number of nitrogens with zero attached hydrogens (tertiary/aromatic N) is 1. The standard InChI is InChI=1S/C22H28N2O3S/c1-18(28-16-13-24-11-14-26-15-12-24)22(25)23-20-7-9-21(10-8-20)27-17-19-5-3-2-4-6-19/h2-10,18H,11-17H2,1H3,(H,23,25). The van der Waals surface area contributed by atoms with Gasteiger partial charge >= 0.3 is 0 Å². The Kier molecular flexibility index (Phi) is 8.21. The first-order valence-corrected chi connectivity index (χ1v) is 10.7. The molecule has 0 radical (unpaired) electrons. The molecule has 1 saturated heterocycles. The van der Waals surface area contributed by atoms with Crippen molar-refractivity contribution in [3.05, 3.63) is 60.2 Å². The number of hydrogen-bond donors (Lipinski definition) is 1. The first-order valence-electron chi connectivity index (χ1n) is 9.70. The molecule has 1 atom stereocenters. The Labute approximate surface area is 171 Å². The molecule has 1 aliphatic heterocycles. The average Bonchev–Trinajstić information content (AvgIpc) is 2.74. The fourth-order valence-corrected chi connectivity index (χ4v) is 3.81. The monoisotopic (exact) mass is 400 g/mol. The Balaban J connectivity index is 1.38. The maximum absolute atomic E-state index is 12.4. The van der Waals surface area contributed by atoms with Gasteiger partial charge in [0.2, 0.25) is 5.91 Å². The molecule has 1 fully saturated rings. The largest absolute Gasteiger partial charge is 0.489 e. The van der Waals surface area contributed by atoms with Gasteiger partial charge in [-0.1, -0.05) is 30.3 Å². The number of amides is 1. The number of anilines is 1. The van der Waals surface area contributed by atoms with Crippen molar-refractivity contribution < 1.29 is 14.3 Å². The second-order valence-electron chi connectivity index (χ2n) is 6.75. The minimum atomic E-state index is -0.0879. The highest BCUT2D eigenvalue weighted by Crippen LogP contribution is 2.19. The van der Waals surface area contributed by atoms with Crippen LogP contribution in [0, 0.1) is 0 Å². The van der Waals surface area contributed by atoms with Gasteiger partial charge in [-0.25, -0.2) is 0 Å². The van der Waals surface area contributed by atoms with Crippen LogP contribution in [0.2, 0.25) is 0 Å². The number of morpholine rings is 1. The highest BCUT2D eigenvalue weighted by molar-refractivity contribution is 8.00. The van der Waals surface area contributed by atoms with Crippen molar-refractivity contribution in [1.82, 2.24) is 4.90 Å². The van der Waals surface area contributed by atoms with E-state index in [2.05, 4.69) is 10.2 Å². The van der Waals surface area contributed by atoms with E-state index in [-0.39, 0.29) is 11.2 Å². The van der Waals surface area contributed by atoms with Crippen LogP contribution >= 0.6 is 11.8 Å². The second-order valence-corrected chi connectivity index (χ2v) is 8.20. The Hall–Kier alpha value is -2.02. The Morgan fingerprint density at radius 1 is 1.14 bits per heavy atom. The zero-order chi connectivity index (χ0) is 19.6. The Bertz CT molecular complexity index is 718. The van der Waals surface area contributed by atoms with Crippen LogP contribution in [-0.4, -0.2) is 54.7 Å². The number of carbonyl (C=O) groups is 1. The predicted molar refractivity (Wildman–Crippen MR) is 115 cm³/mol. The zero-order valence-electron chi connectivity index (χ0n) is 16.3. The van der Waals surface area contributed by atoms with Crippen molar-refractivity contribution >= 4 is 23.4 Å². The molecule has 0 bridgehead atoms. The molecule has 0 aliphatic carbocycles. The molecule has 0 aromatic heterocycles. The van der Waals surface area contributed by atoms with Gasteiger partial charge in [-0.3, -0.25) is 9.69 Å². The minimum absolute atomic E-state index is 0.0323. The highest BCUT2D eigenvalue weighted by Gasteiger charge is 2.15. The summed E-state index contributed by atoms with van der Waals surface area (Å²) in [5, 5.41) is 2.89. The van der Waals surface area contributed by atoms with E-state index in [9.17, 15) is 4.79 Å². The van der Waals surface area contributed by atoms with Gasteiger partial charge in [-0.2, -0.15) is 0 Å². The Morgan fingerprint density at radius 2 is 1.86 bits per heavy atom. The quantitative estimate of drug-likeness (QED) is 0.696. The molecule has 1 unspecified atom stereocenters. The second kappa shape index (κ2) is 11.1. The summed E-state index contributed by atoms with van der Waals surface area (Å²) in [6.45, 7) is 7.08. The summed E-state index contributed by atoms with van der Waals surface area (Å²) in [5.74, 6) is 1.76. The minimum Gasteiger partial charge on any atom is -0.489 e. The van der Waals surface area contributed by atoms with Crippen molar-refractivity contribution in [2.24, 2.45) is 0 Å².